The summed E-state index contributed by atoms with van der Waals surface area (Å²) in [4.78, 5) is 49.9. The Balaban J connectivity index is 0.000000614. The minimum Gasteiger partial charge on any atom is -0.295 e. The lowest BCUT2D eigenvalue weighted by Crippen LogP contribution is -2.57. The molecule has 6 heteroatoms. The summed E-state index contributed by atoms with van der Waals surface area (Å²) in [6, 6.07) is 9.53. The molecule has 27 heavy (non-hydrogen) atoms. The summed E-state index contributed by atoms with van der Waals surface area (Å²) in [6.07, 6.45) is 0.263. The fraction of sp³-hybridized carbons (Fsp3) is 0.333. The van der Waals surface area contributed by atoms with E-state index in [1.165, 1.54) is 0 Å². The molecule has 2 heterocycles. The normalized spacial score (nSPS) is 18.2. The van der Waals surface area contributed by atoms with E-state index >= 15 is 0 Å². The van der Waals surface area contributed by atoms with Gasteiger partial charge < -0.3 is 0 Å². The van der Waals surface area contributed by atoms with Crippen LogP contribution in [0.5, 0.6) is 0 Å². The molecule has 0 saturated carbocycles. The van der Waals surface area contributed by atoms with Gasteiger partial charge in [0, 0.05) is 22.9 Å². The second-order valence-corrected chi connectivity index (χ2v) is 5.66. The molecule has 4 amide bonds. The van der Waals surface area contributed by atoms with Crippen LogP contribution in [0.2, 0.25) is 0 Å². The van der Waals surface area contributed by atoms with E-state index in [0.717, 1.165) is 10.3 Å². The van der Waals surface area contributed by atoms with Crippen molar-refractivity contribution in [1.82, 2.24) is 10.2 Å². The molecule has 2 aromatic rings. The fourth-order valence-corrected chi connectivity index (χ4v) is 3.26. The van der Waals surface area contributed by atoms with Gasteiger partial charge >= 0.3 is 0 Å². The second kappa shape index (κ2) is 8.58. The van der Waals surface area contributed by atoms with Crippen LogP contribution < -0.4 is 5.32 Å². The Bertz CT molecular complexity index is 853. The first-order chi connectivity index (χ1) is 13.1. The van der Waals surface area contributed by atoms with Gasteiger partial charge in [-0.15, -0.1) is 0 Å². The quantitative estimate of drug-likeness (QED) is 0.783. The summed E-state index contributed by atoms with van der Waals surface area (Å²) >= 11 is 0. The van der Waals surface area contributed by atoms with E-state index in [0.29, 0.717) is 16.5 Å². The summed E-state index contributed by atoms with van der Waals surface area (Å²) in [6.45, 7) is 8.00. The molecule has 0 aromatic heterocycles. The van der Waals surface area contributed by atoms with E-state index in [-0.39, 0.29) is 18.7 Å². The smallest absolute Gasteiger partial charge is 0.262 e. The van der Waals surface area contributed by atoms with Crippen molar-refractivity contribution in [3.63, 3.8) is 0 Å². The van der Waals surface area contributed by atoms with Gasteiger partial charge in [0.2, 0.25) is 11.8 Å². The molecule has 1 N–H and O–H groups in total. The van der Waals surface area contributed by atoms with Gasteiger partial charge in [0.25, 0.3) is 11.8 Å². The Labute approximate surface area is 158 Å². The number of amides is 4. The van der Waals surface area contributed by atoms with Crippen LogP contribution in [0, 0.1) is 0 Å². The number of carbonyl (C=O) groups excluding carboxylic acids is 4. The van der Waals surface area contributed by atoms with Crippen molar-refractivity contribution >= 4 is 34.4 Å². The Hall–Kier alpha value is -3.02. The molecule has 6 nitrogen and oxygen atoms in total. The number of nitrogens with zero attached hydrogens (tertiary/aromatic N) is 1. The maximum atomic E-state index is 12.8. The highest BCUT2D eigenvalue weighted by Crippen LogP contribution is 2.32. The number of hydrogen-bond acceptors (Lipinski definition) is 4. The second-order valence-electron chi connectivity index (χ2n) is 5.66. The van der Waals surface area contributed by atoms with Gasteiger partial charge in [0.1, 0.15) is 6.04 Å². The molecule has 1 saturated heterocycles. The molecular formula is C21H24N2O4. The number of hydrogen-bond donors (Lipinski definition) is 1. The third kappa shape index (κ3) is 3.47. The highest BCUT2D eigenvalue weighted by molar-refractivity contribution is 6.26. The summed E-state index contributed by atoms with van der Waals surface area (Å²) in [5.41, 5.74) is 0.810. The van der Waals surface area contributed by atoms with Gasteiger partial charge in [0.05, 0.1) is 0 Å². The molecule has 0 radical (unpaired) electrons. The van der Waals surface area contributed by atoms with Gasteiger partial charge in [-0.2, -0.15) is 0 Å². The third-order valence-corrected chi connectivity index (χ3v) is 4.32. The lowest BCUT2D eigenvalue weighted by molar-refractivity contribution is -0.136. The number of rotatable bonds is 1. The van der Waals surface area contributed by atoms with E-state index in [1.54, 1.807) is 24.3 Å². The first-order valence-corrected chi connectivity index (χ1v) is 9.31. The molecule has 0 bridgehead atoms. The van der Waals surface area contributed by atoms with Crippen LogP contribution in [0.25, 0.3) is 10.8 Å². The van der Waals surface area contributed by atoms with Crippen LogP contribution in [0.4, 0.5) is 0 Å². The van der Waals surface area contributed by atoms with Gasteiger partial charge in [-0.05, 0) is 23.9 Å². The van der Waals surface area contributed by atoms with Crippen molar-refractivity contribution in [3.05, 3.63) is 47.5 Å². The number of nitrogens with one attached hydrogen (secondary N) is 1. The fourth-order valence-electron chi connectivity index (χ4n) is 3.26. The molecule has 2 aliphatic rings. The molecule has 0 aliphatic carbocycles. The summed E-state index contributed by atoms with van der Waals surface area (Å²) in [7, 11) is 0. The van der Waals surface area contributed by atoms with Crippen LogP contribution in [-0.2, 0) is 9.59 Å². The first kappa shape index (κ1) is 20.3. The number of imide groups is 2. The number of carbonyl (C=O) groups is 4. The largest absolute Gasteiger partial charge is 0.295 e. The topological polar surface area (TPSA) is 83.6 Å². The minimum absolute atomic E-state index is 0.110. The van der Waals surface area contributed by atoms with Gasteiger partial charge in [-0.3, -0.25) is 29.4 Å². The zero-order valence-corrected chi connectivity index (χ0v) is 16.0. The third-order valence-electron chi connectivity index (χ3n) is 4.32. The maximum absolute atomic E-state index is 12.8. The molecular weight excluding hydrogens is 344 g/mol. The van der Waals surface area contributed by atoms with Crippen molar-refractivity contribution in [2.45, 2.75) is 46.6 Å². The van der Waals surface area contributed by atoms with Crippen molar-refractivity contribution in [1.29, 1.82) is 0 Å². The van der Waals surface area contributed by atoms with Crippen molar-refractivity contribution in [2.75, 3.05) is 0 Å². The van der Waals surface area contributed by atoms with Crippen molar-refractivity contribution < 1.29 is 19.2 Å². The van der Waals surface area contributed by atoms with Crippen LogP contribution in [0.3, 0.4) is 0 Å². The van der Waals surface area contributed by atoms with Crippen LogP contribution in [0.1, 0.15) is 61.3 Å². The van der Waals surface area contributed by atoms with Crippen molar-refractivity contribution in [2.24, 2.45) is 0 Å². The SMILES string of the molecule is CC.CC.O=C1CCC(N2C(=O)c3cccc4cccc(c34)C2=O)C(=O)N1. The average Bonchev–Trinajstić information content (AvgIpc) is 2.70. The molecule has 1 atom stereocenters. The average molecular weight is 368 g/mol. The summed E-state index contributed by atoms with van der Waals surface area (Å²) in [5, 5.41) is 3.62. The predicted octanol–water partition coefficient (Wildman–Crippen LogP) is 3.29. The standard InChI is InChI=1S/C17H12N2O4.2C2H6/c20-13-8-7-12(15(21)18-13)19-16(22)10-5-1-3-9-4-2-6-11(14(9)10)17(19)23;2*1-2/h1-6,12H,7-8H2,(H,18,20,21);2*1-2H3. The predicted molar refractivity (Wildman–Crippen MR) is 103 cm³/mol. The molecule has 1 unspecified atom stereocenters. The van der Waals surface area contributed by atoms with E-state index < -0.39 is 23.8 Å². The Morgan fingerprint density at radius 3 is 1.85 bits per heavy atom. The van der Waals surface area contributed by atoms with Gasteiger partial charge in [-0.25, -0.2) is 0 Å². The van der Waals surface area contributed by atoms with Crippen molar-refractivity contribution in [3.8, 4) is 0 Å². The molecule has 2 aromatic carbocycles. The Morgan fingerprint density at radius 2 is 1.37 bits per heavy atom. The number of benzene rings is 2. The Morgan fingerprint density at radius 1 is 0.852 bits per heavy atom. The minimum atomic E-state index is -0.948. The molecule has 142 valence electrons. The molecule has 4 rings (SSSR count). The lowest BCUT2D eigenvalue weighted by Gasteiger charge is -2.34. The highest BCUT2D eigenvalue weighted by atomic mass is 16.2. The zero-order chi connectivity index (χ0) is 20.1. The van der Waals surface area contributed by atoms with Crippen LogP contribution in [-0.4, -0.2) is 34.6 Å². The first-order valence-electron chi connectivity index (χ1n) is 9.31. The van der Waals surface area contributed by atoms with Crippen LogP contribution >= 0.6 is 0 Å². The Kier molecular flexibility index (Phi) is 6.45. The van der Waals surface area contributed by atoms with Gasteiger partial charge in [0.15, 0.2) is 0 Å². The van der Waals surface area contributed by atoms with E-state index in [4.69, 9.17) is 0 Å². The van der Waals surface area contributed by atoms with E-state index in [9.17, 15) is 19.2 Å². The lowest BCUT2D eigenvalue weighted by atomic mass is 9.92. The van der Waals surface area contributed by atoms with Gasteiger partial charge in [-0.1, -0.05) is 52.0 Å². The maximum Gasteiger partial charge on any atom is 0.262 e. The zero-order valence-electron chi connectivity index (χ0n) is 16.0. The van der Waals surface area contributed by atoms with E-state index in [2.05, 4.69) is 5.32 Å². The molecule has 2 aliphatic heterocycles. The molecule has 0 spiro atoms. The number of piperidine rings is 1. The summed E-state index contributed by atoms with van der Waals surface area (Å²) in [5.74, 6) is -1.97. The highest BCUT2D eigenvalue weighted by Gasteiger charge is 2.42. The monoisotopic (exact) mass is 368 g/mol. The van der Waals surface area contributed by atoms with Crippen LogP contribution in [0.15, 0.2) is 36.4 Å². The molecule has 1 fully saturated rings. The van der Waals surface area contributed by atoms with E-state index in [1.807, 2.05) is 39.8 Å². The summed E-state index contributed by atoms with van der Waals surface area (Å²) < 4.78 is 0.